The van der Waals surface area contributed by atoms with E-state index in [1.165, 1.54) is 0 Å². The van der Waals surface area contributed by atoms with Gasteiger partial charge >= 0.3 is 0 Å². The second-order valence-corrected chi connectivity index (χ2v) is 7.77. The fourth-order valence-corrected chi connectivity index (χ4v) is 4.05. The zero-order chi connectivity index (χ0) is 20.9. The van der Waals surface area contributed by atoms with Crippen LogP contribution in [-0.2, 0) is 20.7 Å². The molecule has 2 saturated heterocycles. The standard InChI is InChI=1S/C22H30N4O4/c1-3-19-22(16(2)24-30-19)18-6-4-5-17(23-18)20-15-26(11-14-29-20)21(27)7-8-25-9-12-28-13-10-25/h4-6,20H,3,7-15H2,1-2H3/t20-/m0/s1. The summed E-state index contributed by atoms with van der Waals surface area (Å²) in [6.45, 7) is 9.73. The molecule has 30 heavy (non-hydrogen) atoms. The molecule has 0 bridgehead atoms. The van der Waals surface area contributed by atoms with Crippen molar-refractivity contribution in [1.82, 2.24) is 19.9 Å². The topological polar surface area (TPSA) is 80.9 Å². The molecule has 2 aromatic heterocycles. The van der Waals surface area contributed by atoms with Crippen LogP contribution in [0.1, 0.15) is 36.6 Å². The molecule has 8 nitrogen and oxygen atoms in total. The molecule has 0 aliphatic carbocycles. The SMILES string of the molecule is CCc1onc(C)c1-c1cccc([C@@H]2CN(C(=O)CCN3CCOCC3)CCO2)n1. The first-order valence-corrected chi connectivity index (χ1v) is 10.8. The number of morpholine rings is 2. The van der Waals surface area contributed by atoms with Gasteiger partial charge in [-0.2, -0.15) is 0 Å². The zero-order valence-electron chi connectivity index (χ0n) is 17.8. The number of amides is 1. The highest BCUT2D eigenvalue weighted by Crippen LogP contribution is 2.29. The Hall–Kier alpha value is -2.29. The van der Waals surface area contributed by atoms with E-state index in [1.807, 2.05) is 36.9 Å². The van der Waals surface area contributed by atoms with Gasteiger partial charge < -0.3 is 18.9 Å². The maximum Gasteiger partial charge on any atom is 0.224 e. The van der Waals surface area contributed by atoms with E-state index in [2.05, 4.69) is 10.1 Å². The van der Waals surface area contributed by atoms with E-state index in [0.717, 1.165) is 67.7 Å². The van der Waals surface area contributed by atoms with Crippen molar-refractivity contribution in [2.45, 2.75) is 32.8 Å². The smallest absolute Gasteiger partial charge is 0.224 e. The molecular formula is C22H30N4O4. The molecule has 1 atom stereocenters. The molecule has 0 spiro atoms. The van der Waals surface area contributed by atoms with Crippen molar-refractivity contribution in [2.75, 3.05) is 52.5 Å². The maximum atomic E-state index is 12.8. The van der Waals surface area contributed by atoms with Crippen molar-refractivity contribution in [3.8, 4) is 11.3 Å². The Morgan fingerprint density at radius 3 is 2.83 bits per heavy atom. The van der Waals surface area contributed by atoms with E-state index in [9.17, 15) is 4.79 Å². The van der Waals surface area contributed by atoms with Gasteiger partial charge in [0.25, 0.3) is 0 Å². The van der Waals surface area contributed by atoms with Crippen molar-refractivity contribution >= 4 is 5.91 Å². The summed E-state index contributed by atoms with van der Waals surface area (Å²) in [5.74, 6) is 1.01. The maximum absolute atomic E-state index is 12.8. The first-order chi connectivity index (χ1) is 14.7. The number of aromatic nitrogens is 2. The third-order valence-corrected chi connectivity index (χ3v) is 5.78. The summed E-state index contributed by atoms with van der Waals surface area (Å²) in [5, 5.41) is 4.09. The van der Waals surface area contributed by atoms with Crippen LogP contribution in [0.2, 0.25) is 0 Å². The van der Waals surface area contributed by atoms with Gasteiger partial charge in [0.1, 0.15) is 11.9 Å². The molecule has 0 aromatic carbocycles. The van der Waals surface area contributed by atoms with Crippen LogP contribution in [-0.4, -0.2) is 78.4 Å². The minimum absolute atomic E-state index is 0.175. The molecule has 4 heterocycles. The summed E-state index contributed by atoms with van der Waals surface area (Å²) in [7, 11) is 0. The van der Waals surface area contributed by atoms with Crippen molar-refractivity contribution in [3.63, 3.8) is 0 Å². The van der Waals surface area contributed by atoms with Crippen LogP contribution in [0.25, 0.3) is 11.3 Å². The van der Waals surface area contributed by atoms with Gasteiger partial charge in [-0.3, -0.25) is 9.69 Å². The monoisotopic (exact) mass is 414 g/mol. The fraction of sp³-hybridized carbons (Fsp3) is 0.591. The van der Waals surface area contributed by atoms with E-state index in [0.29, 0.717) is 26.1 Å². The Balaban J connectivity index is 1.42. The Kier molecular flexibility index (Phi) is 6.76. The van der Waals surface area contributed by atoms with Gasteiger partial charge in [0.2, 0.25) is 5.91 Å². The van der Waals surface area contributed by atoms with Crippen molar-refractivity contribution in [3.05, 3.63) is 35.3 Å². The summed E-state index contributed by atoms with van der Waals surface area (Å²) in [6, 6.07) is 5.91. The summed E-state index contributed by atoms with van der Waals surface area (Å²) >= 11 is 0. The highest BCUT2D eigenvalue weighted by atomic mass is 16.5. The zero-order valence-corrected chi connectivity index (χ0v) is 17.8. The van der Waals surface area contributed by atoms with E-state index < -0.39 is 0 Å². The molecule has 8 heteroatoms. The lowest BCUT2D eigenvalue weighted by molar-refractivity contribution is -0.139. The number of hydrogen-bond acceptors (Lipinski definition) is 7. The quantitative estimate of drug-likeness (QED) is 0.717. The minimum atomic E-state index is -0.226. The van der Waals surface area contributed by atoms with Gasteiger partial charge in [-0.1, -0.05) is 18.1 Å². The van der Waals surface area contributed by atoms with Gasteiger partial charge in [0, 0.05) is 39.0 Å². The van der Waals surface area contributed by atoms with Gasteiger partial charge in [0.05, 0.1) is 49.0 Å². The molecule has 0 radical (unpaired) electrons. The lowest BCUT2D eigenvalue weighted by Crippen LogP contribution is -2.44. The lowest BCUT2D eigenvalue weighted by Gasteiger charge is -2.33. The first-order valence-electron chi connectivity index (χ1n) is 10.8. The molecule has 0 N–H and O–H groups in total. The molecule has 4 rings (SSSR count). The van der Waals surface area contributed by atoms with Gasteiger partial charge in [-0.15, -0.1) is 0 Å². The fourth-order valence-electron chi connectivity index (χ4n) is 4.05. The van der Waals surface area contributed by atoms with E-state index in [4.69, 9.17) is 19.0 Å². The number of carbonyl (C=O) groups is 1. The molecule has 0 unspecified atom stereocenters. The minimum Gasteiger partial charge on any atom is -0.379 e. The number of nitrogens with zero attached hydrogens (tertiary/aromatic N) is 4. The van der Waals surface area contributed by atoms with Crippen LogP contribution in [0.15, 0.2) is 22.7 Å². The Morgan fingerprint density at radius 2 is 2.03 bits per heavy atom. The lowest BCUT2D eigenvalue weighted by atomic mass is 10.1. The Morgan fingerprint density at radius 1 is 1.20 bits per heavy atom. The molecule has 2 fully saturated rings. The second kappa shape index (κ2) is 9.68. The van der Waals surface area contributed by atoms with Crippen LogP contribution in [0.3, 0.4) is 0 Å². The molecule has 0 saturated carbocycles. The molecule has 1 amide bonds. The van der Waals surface area contributed by atoms with Crippen LogP contribution in [0.4, 0.5) is 0 Å². The van der Waals surface area contributed by atoms with Gasteiger partial charge in [0.15, 0.2) is 0 Å². The summed E-state index contributed by atoms with van der Waals surface area (Å²) < 4.78 is 16.8. The number of rotatable bonds is 6. The second-order valence-electron chi connectivity index (χ2n) is 7.77. The largest absolute Gasteiger partial charge is 0.379 e. The number of ether oxygens (including phenoxy) is 2. The highest BCUT2D eigenvalue weighted by Gasteiger charge is 2.27. The Bertz CT molecular complexity index is 863. The average Bonchev–Trinajstić information content (AvgIpc) is 3.19. The summed E-state index contributed by atoms with van der Waals surface area (Å²) in [6.07, 6.45) is 1.06. The normalized spacial score (nSPS) is 20.5. The third-order valence-electron chi connectivity index (χ3n) is 5.78. The number of hydrogen-bond donors (Lipinski definition) is 0. The van der Waals surface area contributed by atoms with Crippen LogP contribution >= 0.6 is 0 Å². The van der Waals surface area contributed by atoms with Crippen LogP contribution < -0.4 is 0 Å². The summed E-state index contributed by atoms with van der Waals surface area (Å²) in [4.78, 5) is 21.8. The number of aryl methyl sites for hydroxylation is 2. The van der Waals surface area contributed by atoms with Crippen molar-refractivity contribution in [1.29, 1.82) is 0 Å². The third kappa shape index (κ3) is 4.71. The van der Waals surface area contributed by atoms with Crippen LogP contribution in [0, 0.1) is 6.92 Å². The molecule has 2 aliphatic heterocycles. The number of pyridine rings is 1. The van der Waals surface area contributed by atoms with Gasteiger partial charge in [-0.05, 0) is 19.1 Å². The average molecular weight is 415 g/mol. The molecule has 162 valence electrons. The van der Waals surface area contributed by atoms with Gasteiger partial charge in [-0.25, -0.2) is 4.98 Å². The summed E-state index contributed by atoms with van der Waals surface area (Å²) in [5.41, 5.74) is 3.46. The predicted molar refractivity (Wildman–Crippen MR) is 111 cm³/mol. The number of carbonyl (C=O) groups excluding carboxylic acids is 1. The van der Waals surface area contributed by atoms with Crippen molar-refractivity contribution in [2.24, 2.45) is 0 Å². The molecule has 2 aliphatic rings. The molecule has 2 aromatic rings. The Labute approximate surface area is 177 Å². The van der Waals surface area contributed by atoms with E-state index in [1.54, 1.807) is 0 Å². The molecular weight excluding hydrogens is 384 g/mol. The van der Waals surface area contributed by atoms with E-state index in [-0.39, 0.29) is 12.0 Å². The van der Waals surface area contributed by atoms with Crippen molar-refractivity contribution < 1.29 is 18.8 Å². The predicted octanol–water partition coefficient (Wildman–Crippen LogP) is 2.23. The van der Waals surface area contributed by atoms with Crippen LogP contribution in [0.5, 0.6) is 0 Å². The van der Waals surface area contributed by atoms with E-state index >= 15 is 0 Å². The first kappa shape index (κ1) is 21.0. The highest BCUT2D eigenvalue weighted by molar-refractivity contribution is 5.76.